The van der Waals surface area contributed by atoms with Gasteiger partial charge >= 0.3 is 12.1 Å². The third-order valence-corrected chi connectivity index (χ3v) is 4.98. The molecule has 2 rings (SSSR count). The van der Waals surface area contributed by atoms with Gasteiger partial charge in [0.2, 0.25) is 0 Å². The zero-order valence-electron chi connectivity index (χ0n) is 13.3. The van der Waals surface area contributed by atoms with E-state index < -0.39 is 45.6 Å². The van der Waals surface area contributed by atoms with Crippen molar-refractivity contribution in [1.82, 2.24) is 9.78 Å². The van der Waals surface area contributed by atoms with Crippen molar-refractivity contribution in [2.75, 3.05) is 0 Å². The summed E-state index contributed by atoms with van der Waals surface area (Å²) in [6.45, 7) is 2.33. The summed E-state index contributed by atoms with van der Waals surface area (Å²) in [6, 6.07) is 1.91. The minimum absolute atomic E-state index is 0.0963. The summed E-state index contributed by atoms with van der Waals surface area (Å²) < 4.78 is 53.2. The Morgan fingerprint density at radius 1 is 1.38 bits per heavy atom. The van der Waals surface area contributed by atoms with Crippen LogP contribution in [0.2, 0.25) is 5.02 Å². The zero-order chi connectivity index (χ0) is 19.8. The van der Waals surface area contributed by atoms with Crippen molar-refractivity contribution in [3.05, 3.63) is 50.7 Å². The van der Waals surface area contributed by atoms with Crippen molar-refractivity contribution in [3.8, 4) is 5.69 Å². The molecule has 0 bridgehead atoms. The Morgan fingerprint density at radius 3 is 2.54 bits per heavy atom. The smallest absolute Gasteiger partial charge is 0.418 e. The van der Waals surface area contributed by atoms with Gasteiger partial charge in [0.15, 0.2) is 5.82 Å². The number of alkyl halides is 3. The van der Waals surface area contributed by atoms with E-state index in [2.05, 4.69) is 5.10 Å². The molecular weight excluding hydrogens is 400 g/mol. The van der Waals surface area contributed by atoms with E-state index in [0.717, 1.165) is 30.8 Å². The van der Waals surface area contributed by atoms with Gasteiger partial charge in [0, 0.05) is 10.5 Å². The average molecular weight is 411 g/mol. The molecule has 5 nitrogen and oxygen atoms in total. The Balaban J connectivity index is 2.61. The van der Waals surface area contributed by atoms with Crippen LogP contribution in [-0.2, 0) is 11.0 Å². The first-order chi connectivity index (χ1) is 11.9. The van der Waals surface area contributed by atoms with Gasteiger partial charge in [-0.15, -0.1) is 11.8 Å². The number of benzene rings is 1. The molecule has 0 aliphatic carbocycles. The van der Waals surface area contributed by atoms with Crippen LogP contribution in [0.3, 0.4) is 0 Å². The van der Waals surface area contributed by atoms with E-state index >= 15 is 0 Å². The van der Waals surface area contributed by atoms with Crippen molar-refractivity contribution < 1.29 is 27.5 Å². The number of aliphatic carboxylic acids is 1. The van der Waals surface area contributed by atoms with Gasteiger partial charge in [-0.05, 0) is 26.0 Å². The second-order valence-electron chi connectivity index (χ2n) is 5.23. The molecular formula is C15H11ClF4N2O3S. The molecule has 1 N–H and O–H groups in total. The first-order valence-electron chi connectivity index (χ1n) is 6.98. The molecule has 1 aromatic carbocycles. The highest BCUT2D eigenvalue weighted by Crippen LogP contribution is 2.34. The summed E-state index contributed by atoms with van der Waals surface area (Å²) in [5.41, 5.74) is -3.45. The molecule has 11 heteroatoms. The number of aromatic nitrogens is 2. The summed E-state index contributed by atoms with van der Waals surface area (Å²) in [6.07, 6.45) is -4.34. The third kappa shape index (κ3) is 4.01. The molecule has 0 amide bonds. The number of carboxylic acid groups (broad SMARTS) is 1. The van der Waals surface area contributed by atoms with Crippen LogP contribution in [0.15, 0.2) is 28.0 Å². The van der Waals surface area contributed by atoms with Gasteiger partial charge in [0.05, 0.1) is 16.8 Å². The summed E-state index contributed by atoms with van der Waals surface area (Å²) >= 11 is 6.68. The van der Waals surface area contributed by atoms with E-state index in [-0.39, 0.29) is 9.92 Å². The highest BCUT2D eigenvalue weighted by molar-refractivity contribution is 8.00. The normalized spacial score (nSPS) is 12.9. The number of carboxylic acids is 1. The second-order valence-corrected chi connectivity index (χ2v) is 7.02. The van der Waals surface area contributed by atoms with E-state index in [1.165, 1.54) is 6.92 Å². The SMILES string of the molecule is Cc1c(C(F)(F)F)cnn(-c2cc(SC(C)C(=O)O)c(Cl)cc2F)c1=O. The maximum Gasteiger partial charge on any atom is 0.418 e. The van der Waals surface area contributed by atoms with Crippen molar-refractivity contribution >= 4 is 29.3 Å². The summed E-state index contributed by atoms with van der Waals surface area (Å²) in [7, 11) is 0. The zero-order valence-corrected chi connectivity index (χ0v) is 14.8. The minimum atomic E-state index is -4.77. The average Bonchev–Trinajstić information content (AvgIpc) is 2.51. The number of hydrogen-bond donors (Lipinski definition) is 1. The van der Waals surface area contributed by atoms with E-state index in [1.54, 1.807) is 0 Å². The van der Waals surface area contributed by atoms with Crippen molar-refractivity contribution in [1.29, 1.82) is 0 Å². The fourth-order valence-electron chi connectivity index (χ4n) is 2.01. The fourth-order valence-corrected chi connectivity index (χ4v) is 3.12. The molecule has 2 aromatic rings. The Kier molecular flexibility index (Phi) is 5.67. The molecule has 0 spiro atoms. The van der Waals surface area contributed by atoms with E-state index in [9.17, 15) is 27.2 Å². The monoisotopic (exact) mass is 410 g/mol. The first-order valence-corrected chi connectivity index (χ1v) is 8.24. The summed E-state index contributed by atoms with van der Waals surface area (Å²) in [4.78, 5) is 23.3. The van der Waals surface area contributed by atoms with Crippen LogP contribution in [0.4, 0.5) is 17.6 Å². The second kappa shape index (κ2) is 7.28. The molecule has 0 aliphatic rings. The first kappa shape index (κ1) is 20.2. The molecule has 0 saturated carbocycles. The van der Waals surface area contributed by atoms with Gasteiger partial charge in [-0.25, -0.2) is 4.39 Å². The number of thioether (sulfide) groups is 1. The van der Waals surface area contributed by atoms with Crippen molar-refractivity contribution in [2.45, 2.75) is 30.2 Å². The highest BCUT2D eigenvalue weighted by Gasteiger charge is 2.34. The molecule has 0 saturated heterocycles. The van der Waals surface area contributed by atoms with Gasteiger partial charge in [0.1, 0.15) is 10.9 Å². The lowest BCUT2D eigenvalue weighted by Crippen LogP contribution is -2.28. The Labute approximate surface area is 153 Å². The number of carbonyl (C=O) groups is 1. The molecule has 0 fully saturated rings. The molecule has 1 atom stereocenters. The van der Waals surface area contributed by atoms with Gasteiger partial charge in [-0.1, -0.05) is 11.6 Å². The van der Waals surface area contributed by atoms with Gasteiger partial charge in [0.25, 0.3) is 5.56 Å². The lowest BCUT2D eigenvalue weighted by atomic mass is 10.2. The number of halogens is 5. The highest BCUT2D eigenvalue weighted by atomic mass is 35.5. The van der Waals surface area contributed by atoms with Crippen LogP contribution < -0.4 is 5.56 Å². The van der Waals surface area contributed by atoms with Crippen LogP contribution in [0.1, 0.15) is 18.1 Å². The fraction of sp³-hybridized carbons (Fsp3) is 0.267. The quantitative estimate of drug-likeness (QED) is 0.611. The predicted molar refractivity (Wildman–Crippen MR) is 87.5 cm³/mol. The van der Waals surface area contributed by atoms with Crippen LogP contribution in [0.25, 0.3) is 5.69 Å². The van der Waals surface area contributed by atoms with Gasteiger partial charge in [-0.3, -0.25) is 9.59 Å². The Bertz CT molecular complexity index is 930. The number of rotatable bonds is 4. The molecule has 140 valence electrons. The maximum absolute atomic E-state index is 14.2. The van der Waals surface area contributed by atoms with Gasteiger partial charge in [-0.2, -0.15) is 23.0 Å². The number of nitrogens with zero attached hydrogens (tertiary/aromatic N) is 2. The van der Waals surface area contributed by atoms with E-state index in [4.69, 9.17) is 16.7 Å². The summed E-state index contributed by atoms with van der Waals surface area (Å²) in [5, 5.41) is 11.3. The van der Waals surface area contributed by atoms with E-state index in [0.29, 0.717) is 10.9 Å². The third-order valence-electron chi connectivity index (χ3n) is 3.41. The molecule has 0 aliphatic heterocycles. The molecule has 26 heavy (non-hydrogen) atoms. The Hall–Kier alpha value is -2.07. The molecule has 1 heterocycles. The molecule has 1 aromatic heterocycles. The molecule has 0 radical (unpaired) electrons. The molecule has 1 unspecified atom stereocenters. The van der Waals surface area contributed by atoms with Gasteiger partial charge < -0.3 is 5.11 Å². The van der Waals surface area contributed by atoms with Crippen LogP contribution in [-0.4, -0.2) is 26.1 Å². The maximum atomic E-state index is 14.2. The lowest BCUT2D eigenvalue weighted by Gasteiger charge is -2.14. The summed E-state index contributed by atoms with van der Waals surface area (Å²) in [5.74, 6) is -2.13. The largest absolute Gasteiger partial charge is 0.480 e. The van der Waals surface area contributed by atoms with Crippen molar-refractivity contribution in [3.63, 3.8) is 0 Å². The van der Waals surface area contributed by atoms with E-state index in [1.807, 2.05) is 0 Å². The van der Waals surface area contributed by atoms with Crippen LogP contribution in [0, 0.1) is 12.7 Å². The minimum Gasteiger partial charge on any atom is -0.480 e. The van der Waals surface area contributed by atoms with Crippen LogP contribution in [0.5, 0.6) is 0 Å². The lowest BCUT2D eigenvalue weighted by molar-refractivity contribution is -0.138. The van der Waals surface area contributed by atoms with Crippen LogP contribution >= 0.6 is 23.4 Å². The van der Waals surface area contributed by atoms with Crippen molar-refractivity contribution in [2.24, 2.45) is 0 Å². The Morgan fingerprint density at radius 2 is 2.00 bits per heavy atom. The predicted octanol–water partition coefficient (Wildman–Crippen LogP) is 3.92. The topological polar surface area (TPSA) is 72.2 Å². The number of hydrogen-bond acceptors (Lipinski definition) is 4. The standard InChI is InChI=1S/C15H11ClF4N2O3S/c1-6-8(15(18,19)20)5-21-22(13(6)23)11-4-12(9(16)3-10(11)17)26-7(2)14(24)25/h3-5,7H,1-2H3,(H,24,25).